The zero-order valence-electron chi connectivity index (χ0n) is 8.94. The van der Waals surface area contributed by atoms with E-state index in [9.17, 15) is 4.39 Å². The molecular formula is C11H14FNO2S. The molecule has 3 N–H and O–H groups in total. The fraction of sp³-hybridized carbons (Fsp3) is 0.364. The lowest BCUT2D eigenvalue weighted by Crippen LogP contribution is -2.15. The summed E-state index contributed by atoms with van der Waals surface area (Å²) in [4.78, 5) is -0.0369. The van der Waals surface area contributed by atoms with Crippen LogP contribution < -0.4 is 10.5 Å². The molecule has 0 spiro atoms. The molecule has 0 fully saturated rings. The monoisotopic (exact) mass is 243 g/mol. The minimum absolute atomic E-state index is 0.0369. The number of benzene rings is 1. The van der Waals surface area contributed by atoms with E-state index >= 15 is 0 Å². The van der Waals surface area contributed by atoms with Gasteiger partial charge in [-0.25, -0.2) is 4.39 Å². The highest BCUT2D eigenvalue weighted by Crippen LogP contribution is 2.21. The van der Waals surface area contributed by atoms with Crippen molar-refractivity contribution in [3.8, 4) is 5.75 Å². The number of thiocarbonyl (C=S) groups is 1. The molecule has 16 heavy (non-hydrogen) atoms. The number of rotatable bonds is 5. The first kappa shape index (κ1) is 12.9. The van der Waals surface area contributed by atoms with Crippen molar-refractivity contribution in [1.82, 2.24) is 0 Å². The average molecular weight is 243 g/mol. The van der Waals surface area contributed by atoms with Gasteiger partial charge in [-0.15, -0.1) is 0 Å². The lowest BCUT2D eigenvalue weighted by atomic mass is 10.2. The molecule has 1 aromatic carbocycles. The first-order chi connectivity index (χ1) is 7.52. The smallest absolute Gasteiger partial charge is 0.137 e. The quantitative estimate of drug-likeness (QED) is 0.771. The summed E-state index contributed by atoms with van der Waals surface area (Å²) < 4.78 is 18.7. The highest BCUT2D eigenvalue weighted by atomic mass is 32.1. The van der Waals surface area contributed by atoms with Crippen LogP contribution in [0.25, 0.3) is 0 Å². The fourth-order valence-electron chi connectivity index (χ4n) is 1.20. The lowest BCUT2D eigenvalue weighted by Gasteiger charge is -2.11. The minimum Gasteiger partial charge on any atom is -0.493 e. The largest absolute Gasteiger partial charge is 0.493 e. The number of halogens is 1. The number of hydrogen-bond acceptors (Lipinski definition) is 3. The van der Waals surface area contributed by atoms with Crippen LogP contribution >= 0.6 is 12.2 Å². The predicted octanol–water partition coefficient (Wildman–Crippen LogP) is 1.61. The van der Waals surface area contributed by atoms with Gasteiger partial charge >= 0.3 is 0 Å². The van der Waals surface area contributed by atoms with Crippen LogP contribution in [0.1, 0.15) is 18.9 Å². The molecule has 5 heteroatoms. The van der Waals surface area contributed by atoms with Gasteiger partial charge in [0.1, 0.15) is 16.6 Å². The van der Waals surface area contributed by atoms with Gasteiger partial charge in [0, 0.05) is 6.42 Å². The molecule has 0 saturated carbocycles. The third kappa shape index (κ3) is 3.43. The van der Waals surface area contributed by atoms with Gasteiger partial charge in [-0.1, -0.05) is 18.3 Å². The Morgan fingerprint density at radius 2 is 2.31 bits per heavy atom. The Kier molecular flexibility index (Phi) is 4.64. The van der Waals surface area contributed by atoms with E-state index in [2.05, 4.69) is 0 Å². The Bertz CT molecular complexity index is 382. The summed E-state index contributed by atoms with van der Waals surface area (Å²) >= 11 is 4.75. The summed E-state index contributed by atoms with van der Waals surface area (Å²) in [6.45, 7) is 1.94. The summed E-state index contributed by atoms with van der Waals surface area (Å²) in [5.74, 6) is -0.185. The summed E-state index contributed by atoms with van der Waals surface area (Å²) in [7, 11) is 0. The van der Waals surface area contributed by atoms with E-state index in [4.69, 9.17) is 27.8 Å². The van der Waals surface area contributed by atoms with Crippen LogP contribution in [0.3, 0.4) is 0 Å². The van der Waals surface area contributed by atoms with Crippen molar-refractivity contribution in [3.63, 3.8) is 0 Å². The van der Waals surface area contributed by atoms with Crippen molar-refractivity contribution < 1.29 is 14.2 Å². The minimum atomic E-state index is -0.498. The third-order valence-electron chi connectivity index (χ3n) is 2.01. The number of nitrogens with two attached hydrogens (primary N) is 1. The number of hydrogen-bond donors (Lipinski definition) is 2. The maximum absolute atomic E-state index is 13.4. The molecule has 0 saturated heterocycles. The predicted molar refractivity (Wildman–Crippen MR) is 64.1 cm³/mol. The number of ether oxygens (including phenoxy) is 1. The summed E-state index contributed by atoms with van der Waals surface area (Å²) in [6, 6.07) is 4.39. The Balaban J connectivity index is 2.79. The second kappa shape index (κ2) is 5.77. The van der Waals surface area contributed by atoms with E-state index in [-0.39, 0.29) is 17.2 Å². The SMILES string of the molecule is CC(O)CCOc1cccc(F)c1C(N)=S. The first-order valence-corrected chi connectivity index (χ1v) is 5.32. The topological polar surface area (TPSA) is 55.5 Å². The first-order valence-electron chi connectivity index (χ1n) is 4.91. The number of aliphatic hydroxyl groups excluding tert-OH is 1. The van der Waals surface area contributed by atoms with E-state index in [0.717, 1.165) is 0 Å². The van der Waals surface area contributed by atoms with Gasteiger partial charge in [0.2, 0.25) is 0 Å². The van der Waals surface area contributed by atoms with Gasteiger partial charge in [-0.2, -0.15) is 0 Å². The molecule has 0 amide bonds. The van der Waals surface area contributed by atoms with E-state index in [1.807, 2.05) is 0 Å². The van der Waals surface area contributed by atoms with Crippen LogP contribution in [0.2, 0.25) is 0 Å². The Hall–Kier alpha value is -1.20. The van der Waals surface area contributed by atoms with Crippen molar-refractivity contribution in [1.29, 1.82) is 0 Å². The maximum Gasteiger partial charge on any atom is 0.137 e. The molecular weight excluding hydrogens is 229 g/mol. The normalized spacial score (nSPS) is 12.2. The number of aliphatic hydroxyl groups is 1. The van der Waals surface area contributed by atoms with Crippen molar-refractivity contribution in [3.05, 3.63) is 29.6 Å². The van der Waals surface area contributed by atoms with Gasteiger partial charge in [0.05, 0.1) is 18.3 Å². The summed E-state index contributed by atoms with van der Waals surface area (Å²) in [5.41, 5.74) is 5.52. The van der Waals surface area contributed by atoms with Crippen LogP contribution in [0.15, 0.2) is 18.2 Å². The second-order valence-corrected chi connectivity index (χ2v) is 3.90. The molecule has 3 nitrogen and oxygen atoms in total. The molecule has 1 atom stereocenters. The molecule has 0 heterocycles. The zero-order chi connectivity index (χ0) is 12.1. The maximum atomic E-state index is 13.4. The summed E-state index contributed by atoms with van der Waals surface area (Å²) in [6.07, 6.45) is 0.00893. The van der Waals surface area contributed by atoms with Crippen molar-refractivity contribution in [2.45, 2.75) is 19.4 Å². The van der Waals surface area contributed by atoms with E-state index in [1.54, 1.807) is 13.0 Å². The zero-order valence-corrected chi connectivity index (χ0v) is 9.76. The van der Waals surface area contributed by atoms with Crippen LogP contribution in [-0.2, 0) is 0 Å². The molecule has 1 unspecified atom stereocenters. The van der Waals surface area contributed by atoms with Gasteiger partial charge in [0.25, 0.3) is 0 Å². The molecule has 0 bridgehead atoms. The molecule has 0 aliphatic heterocycles. The van der Waals surface area contributed by atoms with Crippen molar-refractivity contribution >= 4 is 17.2 Å². The Morgan fingerprint density at radius 1 is 1.62 bits per heavy atom. The Morgan fingerprint density at radius 3 is 2.88 bits per heavy atom. The van der Waals surface area contributed by atoms with Crippen molar-refractivity contribution in [2.24, 2.45) is 5.73 Å². The molecule has 88 valence electrons. The summed E-state index contributed by atoms with van der Waals surface area (Å²) in [5, 5.41) is 9.06. The van der Waals surface area contributed by atoms with E-state index in [1.165, 1.54) is 12.1 Å². The average Bonchev–Trinajstić information content (AvgIpc) is 2.16. The highest BCUT2D eigenvalue weighted by molar-refractivity contribution is 7.80. The van der Waals surface area contributed by atoms with E-state index < -0.39 is 11.9 Å². The molecule has 1 rings (SSSR count). The highest BCUT2D eigenvalue weighted by Gasteiger charge is 2.12. The standard InChI is InChI=1S/C11H14FNO2S/c1-7(14)5-6-15-9-4-2-3-8(12)10(9)11(13)16/h2-4,7,14H,5-6H2,1H3,(H2,13,16). The second-order valence-electron chi connectivity index (χ2n) is 3.46. The molecule has 0 aromatic heterocycles. The van der Waals surface area contributed by atoms with Gasteiger partial charge in [0.15, 0.2) is 0 Å². The van der Waals surface area contributed by atoms with Gasteiger partial charge in [-0.05, 0) is 19.1 Å². The van der Waals surface area contributed by atoms with Crippen LogP contribution in [0.4, 0.5) is 4.39 Å². The van der Waals surface area contributed by atoms with Crippen LogP contribution in [0.5, 0.6) is 5.75 Å². The molecule has 0 radical (unpaired) electrons. The molecule has 0 aliphatic rings. The van der Waals surface area contributed by atoms with Crippen LogP contribution in [-0.4, -0.2) is 22.8 Å². The fourth-order valence-corrected chi connectivity index (χ4v) is 1.40. The molecule has 1 aromatic rings. The van der Waals surface area contributed by atoms with Gasteiger partial charge < -0.3 is 15.6 Å². The lowest BCUT2D eigenvalue weighted by molar-refractivity contribution is 0.155. The van der Waals surface area contributed by atoms with Crippen LogP contribution in [0, 0.1) is 5.82 Å². The Labute approximate surface area is 99.0 Å². The van der Waals surface area contributed by atoms with Gasteiger partial charge in [-0.3, -0.25) is 0 Å². The van der Waals surface area contributed by atoms with Crippen molar-refractivity contribution in [2.75, 3.05) is 6.61 Å². The molecule has 0 aliphatic carbocycles. The van der Waals surface area contributed by atoms with E-state index in [0.29, 0.717) is 12.2 Å². The third-order valence-corrected chi connectivity index (χ3v) is 2.22.